The molecule has 2 aromatic carbocycles. The zero-order valence-electron chi connectivity index (χ0n) is 23.8. The van der Waals surface area contributed by atoms with Gasteiger partial charge in [0.1, 0.15) is 23.7 Å². The fourth-order valence-electron chi connectivity index (χ4n) is 5.74. The lowest BCUT2D eigenvalue weighted by Gasteiger charge is -2.37. The van der Waals surface area contributed by atoms with E-state index in [1.807, 2.05) is 30.3 Å². The molecule has 218 valence electrons. The number of aromatic carboxylic acids is 1. The van der Waals surface area contributed by atoms with E-state index in [4.69, 9.17) is 23.9 Å². The SMILES string of the molecule is COc1ccc(OCc2ccc3c(c2)CCN(C2CCOCC2)C3)c(-c2cccc(-n3ncc(C(=O)O)c3OC)n2)c1. The summed E-state index contributed by atoms with van der Waals surface area (Å²) in [6, 6.07) is 18.3. The highest BCUT2D eigenvalue weighted by molar-refractivity contribution is 5.90. The Balaban J connectivity index is 1.22. The van der Waals surface area contributed by atoms with Crippen molar-refractivity contribution in [2.24, 2.45) is 0 Å². The third kappa shape index (κ3) is 5.68. The maximum absolute atomic E-state index is 11.6. The molecule has 0 aliphatic carbocycles. The van der Waals surface area contributed by atoms with E-state index in [2.05, 4.69) is 28.2 Å². The molecule has 0 unspecified atom stereocenters. The molecule has 42 heavy (non-hydrogen) atoms. The summed E-state index contributed by atoms with van der Waals surface area (Å²) in [6.45, 7) is 4.19. The van der Waals surface area contributed by atoms with Gasteiger partial charge in [-0.25, -0.2) is 9.78 Å². The van der Waals surface area contributed by atoms with Crippen LogP contribution in [0, 0.1) is 0 Å². The largest absolute Gasteiger partial charge is 0.497 e. The standard InChI is InChI=1S/C32H34N4O6/c1-39-25-8-9-29(26(17-25)28-4-3-5-30(34-28)36-31(40-2)27(18-33-36)32(37)38)42-20-21-6-7-23-19-35(13-10-22(23)16-21)24-11-14-41-15-12-24/h3-9,16-18,24H,10-15,19-20H2,1-2H3,(H,37,38). The molecule has 0 radical (unpaired) electrons. The van der Waals surface area contributed by atoms with Crippen LogP contribution in [0.25, 0.3) is 17.1 Å². The predicted octanol–water partition coefficient (Wildman–Crippen LogP) is 4.77. The molecule has 10 heteroatoms. The van der Waals surface area contributed by atoms with Gasteiger partial charge >= 0.3 is 5.97 Å². The van der Waals surface area contributed by atoms with Gasteiger partial charge in [-0.1, -0.05) is 24.3 Å². The first-order valence-electron chi connectivity index (χ1n) is 14.1. The van der Waals surface area contributed by atoms with Crippen LogP contribution in [0.4, 0.5) is 0 Å². The van der Waals surface area contributed by atoms with E-state index in [0.29, 0.717) is 35.7 Å². The molecule has 2 aliphatic heterocycles. The highest BCUT2D eigenvalue weighted by Gasteiger charge is 2.25. The average Bonchev–Trinajstić information content (AvgIpc) is 3.49. The Kier molecular flexibility index (Phi) is 8.07. The molecule has 0 saturated carbocycles. The highest BCUT2D eigenvalue weighted by atomic mass is 16.5. The number of aromatic nitrogens is 3. The van der Waals surface area contributed by atoms with Crippen molar-refractivity contribution in [3.8, 4) is 34.5 Å². The number of nitrogens with zero attached hydrogens (tertiary/aromatic N) is 4. The van der Waals surface area contributed by atoms with E-state index in [1.165, 1.54) is 29.1 Å². The van der Waals surface area contributed by atoms with E-state index < -0.39 is 5.97 Å². The monoisotopic (exact) mass is 570 g/mol. The Morgan fingerprint density at radius 3 is 2.69 bits per heavy atom. The van der Waals surface area contributed by atoms with Gasteiger partial charge in [-0.2, -0.15) is 9.78 Å². The number of carboxylic acids is 1. The zero-order chi connectivity index (χ0) is 29.1. The summed E-state index contributed by atoms with van der Waals surface area (Å²) in [5.74, 6) is 0.698. The number of benzene rings is 2. The summed E-state index contributed by atoms with van der Waals surface area (Å²) in [5.41, 5.74) is 5.20. The van der Waals surface area contributed by atoms with E-state index >= 15 is 0 Å². The number of pyridine rings is 1. The van der Waals surface area contributed by atoms with Crippen molar-refractivity contribution in [1.82, 2.24) is 19.7 Å². The lowest BCUT2D eigenvalue weighted by atomic mass is 9.95. The van der Waals surface area contributed by atoms with Crippen LogP contribution in [0.15, 0.2) is 60.8 Å². The summed E-state index contributed by atoms with van der Waals surface area (Å²) in [4.78, 5) is 19.0. The minimum Gasteiger partial charge on any atom is -0.497 e. The Labute approximate surface area is 244 Å². The topological polar surface area (TPSA) is 108 Å². The van der Waals surface area contributed by atoms with Gasteiger partial charge in [0.2, 0.25) is 5.88 Å². The average molecular weight is 571 g/mol. The molecule has 1 N–H and O–H groups in total. The lowest BCUT2D eigenvalue weighted by Crippen LogP contribution is -2.42. The smallest absolute Gasteiger partial charge is 0.342 e. The van der Waals surface area contributed by atoms with E-state index in [9.17, 15) is 9.90 Å². The van der Waals surface area contributed by atoms with E-state index in [0.717, 1.165) is 56.7 Å². The molecule has 2 aliphatic rings. The van der Waals surface area contributed by atoms with Crippen LogP contribution in [0.2, 0.25) is 0 Å². The number of ether oxygens (including phenoxy) is 4. The third-order valence-electron chi connectivity index (χ3n) is 7.98. The maximum atomic E-state index is 11.6. The summed E-state index contributed by atoms with van der Waals surface area (Å²) >= 11 is 0. The first kappa shape index (κ1) is 27.7. The molecule has 4 heterocycles. The second-order valence-electron chi connectivity index (χ2n) is 10.5. The van der Waals surface area contributed by atoms with Crippen molar-refractivity contribution in [3.63, 3.8) is 0 Å². The molecule has 6 rings (SSSR count). The first-order valence-corrected chi connectivity index (χ1v) is 14.1. The number of fused-ring (bicyclic) bond motifs is 1. The van der Waals surface area contributed by atoms with Gasteiger partial charge in [-0.15, -0.1) is 0 Å². The molecule has 0 atom stereocenters. The Bertz CT molecular complexity index is 1580. The van der Waals surface area contributed by atoms with E-state index in [1.54, 1.807) is 13.2 Å². The predicted molar refractivity (Wildman–Crippen MR) is 156 cm³/mol. The summed E-state index contributed by atoms with van der Waals surface area (Å²) < 4.78 is 24.1. The molecular formula is C32H34N4O6. The second-order valence-corrected chi connectivity index (χ2v) is 10.5. The Morgan fingerprint density at radius 1 is 1.05 bits per heavy atom. The van der Waals surface area contributed by atoms with Crippen molar-refractivity contribution in [2.75, 3.05) is 34.0 Å². The number of carbonyl (C=O) groups is 1. The second kappa shape index (κ2) is 12.2. The maximum Gasteiger partial charge on any atom is 0.342 e. The van der Waals surface area contributed by atoms with Crippen LogP contribution < -0.4 is 14.2 Å². The van der Waals surface area contributed by atoms with Crippen molar-refractivity contribution in [2.45, 2.75) is 38.5 Å². The van der Waals surface area contributed by atoms with Crippen LogP contribution >= 0.6 is 0 Å². The van der Waals surface area contributed by atoms with Crippen LogP contribution in [0.5, 0.6) is 17.4 Å². The Morgan fingerprint density at radius 2 is 1.90 bits per heavy atom. The van der Waals surface area contributed by atoms with Gasteiger partial charge in [0.15, 0.2) is 5.82 Å². The zero-order valence-corrected chi connectivity index (χ0v) is 23.8. The molecule has 1 fully saturated rings. The minimum atomic E-state index is -1.13. The minimum absolute atomic E-state index is 0.0450. The number of methoxy groups -OCH3 is 2. The number of hydrogen-bond donors (Lipinski definition) is 1. The fourth-order valence-corrected chi connectivity index (χ4v) is 5.74. The molecule has 4 aromatic rings. The number of hydrogen-bond acceptors (Lipinski definition) is 8. The number of carboxylic acid groups (broad SMARTS) is 1. The van der Waals surface area contributed by atoms with Crippen LogP contribution in [0.1, 0.15) is 39.9 Å². The van der Waals surface area contributed by atoms with Crippen LogP contribution in [-0.4, -0.2) is 70.8 Å². The molecule has 0 spiro atoms. The lowest BCUT2D eigenvalue weighted by molar-refractivity contribution is 0.0290. The third-order valence-corrected chi connectivity index (χ3v) is 7.98. The summed E-state index contributed by atoms with van der Waals surface area (Å²) in [5, 5.41) is 13.7. The fraction of sp³-hybridized carbons (Fsp3) is 0.344. The van der Waals surface area contributed by atoms with Crippen LogP contribution in [0.3, 0.4) is 0 Å². The van der Waals surface area contributed by atoms with Gasteiger partial charge in [0, 0.05) is 37.9 Å². The number of rotatable bonds is 9. The van der Waals surface area contributed by atoms with Crippen LogP contribution in [-0.2, 0) is 24.3 Å². The Hall–Kier alpha value is -4.41. The molecule has 10 nitrogen and oxygen atoms in total. The molecule has 2 aromatic heterocycles. The molecular weight excluding hydrogens is 536 g/mol. The molecule has 0 amide bonds. The first-order chi connectivity index (χ1) is 20.5. The van der Waals surface area contributed by atoms with Crippen molar-refractivity contribution in [1.29, 1.82) is 0 Å². The van der Waals surface area contributed by atoms with Gasteiger partial charge in [-0.05, 0) is 66.3 Å². The highest BCUT2D eigenvalue weighted by Crippen LogP contribution is 2.34. The van der Waals surface area contributed by atoms with E-state index in [-0.39, 0.29) is 11.4 Å². The van der Waals surface area contributed by atoms with Gasteiger partial charge in [0.25, 0.3) is 0 Å². The normalized spacial score (nSPS) is 15.7. The van der Waals surface area contributed by atoms with Gasteiger partial charge in [-0.3, -0.25) is 4.90 Å². The van der Waals surface area contributed by atoms with Crippen molar-refractivity contribution < 1.29 is 28.8 Å². The van der Waals surface area contributed by atoms with Gasteiger partial charge in [0.05, 0.1) is 26.1 Å². The summed E-state index contributed by atoms with van der Waals surface area (Å²) in [7, 11) is 3.02. The van der Waals surface area contributed by atoms with Crippen molar-refractivity contribution >= 4 is 5.97 Å². The summed E-state index contributed by atoms with van der Waals surface area (Å²) in [6.07, 6.45) is 4.51. The molecule has 1 saturated heterocycles. The quantitative estimate of drug-likeness (QED) is 0.305. The molecule has 0 bridgehead atoms. The van der Waals surface area contributed by atoms with Gasteiger partial charge < -0.3 is 24.1 Å². The van der Waals surface area contributed by atoms with Crippen molar-refractivity contribution in [3.05, 3.63) is 83.0 Å².